The van der Waals surface area contributed by atoms with Crippen LogP contribution in [0.1, 0.15) is 0 Å². The average Bonchev–Trinajstić information content (AvgIpc) is 3.28. The van der Waals surface area contributed by atoms with Gasteiger partial charge in [-0.05, 0) is 36.4 Å². The highest BCUT2D eigenvalue weighted by Crippen LogP contribution is 2.25. The Morgan fingerprint density at radius 2 is 1.43 bits per heavy atom. The molecule has 0 fully saturated rings. The minimum atomic E-state index is 0.195. The van der Waals surface area contributed by atoms with Gasteiger partial charge in [0.2, 0.25) is 5.82 Å². The Hall–Kier alpha value is -3.41. The van der Waals surface area contributed by atoms with E-state index in [9.17, 15) is 5.11 Å². The van der Waals surface area contributed by atoms with Crippen molar-refractivity contribution in [3.8, 4) is 39.8 Å². The third kappa shape index (κ3) is 2.57. The van der Waals surface area contributed by atoms with Crippen molar-refractivity contribution in [3.63, 3.8) is 0 Å². The van der Waals surface area contributed by atoms with Gasteiger partial charge in [-0.3, -0.25) is 0 Å². The second-order valence-electron chi connectivity index (χ2n) is 4.93. The predicted octanol–water partition coefficient (Wildman–Crippen LogP) is 3.76. The van der Waals surface area contributed by atoms with Crippen molar-refractivity contribution in [1.29, 1.82) is 0 Å². The molecule has 0 bridgehead atoms. The van der Waals surface area contributed by atoms with Gasteiger partial charge in [-0.1, -0.05) is 22.4 Å². The first-order valence-electron chi connectivity index (χ1n) is 6.94. The Morgan fingerprint density at radius 1 is 0.739 bits per heavy atom. The van der Waals surface area contributed by atoms with E-state index in [0.29, 0.717) is 11.7 Å². The van der Waals surface area contributed by atoms with Crippen molar-refractivity contribution in [2.75, 3.05) is 0 Å². The van der Waals surface area contributed by atoms with Gasteiger partial charge in [0.05, 0.1) is 0 Å². The van der Waals surface area contributed by atoms with Gasteiger partial charge >= 0.3 is 0 Å². The third-order valence-electron chi connectivity index (χ3n) is 3.42. The number of aromatic nitrogens is 3. The van der Waals surface area contributed by atoms with Crippen LogP contribution in [0.2, 0.25) is 0 Å². The molecule has 0 spiro atoms. The largest absolute Gasteiger partial charge is 0.508 e. The van der Waals surface area contributed by atoms with Crippen molar-refractivity contribution < 1.29 is 14.2 Å². The molecule has 0 unspecified atom stereocenters. The second-order valence-corrected chi connectivity index (χ2v) is 4.93. The average molecular weight is 305 g/mol. The molecular weight excluding hydrogens is 294 g/mol. The van der Waals surface area contributed by atoms with Gasteiger partial charge in [0, 0.05) is 22.8 Å². The van der Waals surface area contributed by atoms with Crippen LogP contribution in [0, 0.1) is 0 Å². The van der Waals surface area contributed by atoms with Crippen molar-refractivity contribution in [2.24, 2.45) is 0 Å². The first-order valence-corrected chi connectivity index (χ1v) is 6.94. The highest BCUT2D eigenvalue weighted by atomic mass is 16.5. The maximum Gasteiger partial charge on any atom is 0.258 e. The highest BCUT2D eigenvalue weighted by molar-refractivity contribution is 5.65. The minimum Gasteiger partial charge on any atom is -0.508 e. The third-order valence-corrected chi connectivity index (χ3v) is 3.42. The molecule has 0 saturated carbocycles. The molecule has 23 heavy (non-hydrogen) atoms. The van der Waals surface area contributed by atoms with Crippen LogP contribution in [0.3, 0.4) is 0 Å². The summed E-state index contributed by atoms with van der Waals surface area (Å²) in [6.07, 6.45) is 1.53. The number of benzene rings is 2. The molecule has 6 nitrogen and oxygen atoms in total. The number of aromatic hydroxyl groups is 1. The van der Waals surface area contributed by atoms with Crippen LogP contribution >= 0.6 is 0 Å². The van der Waals surface area contributed by atoms with Crippen molar-refractivity contribution in [1.82, 2.24) is 15.3 Å². The fraction of sp³-hybridized carbons (Fsp3) is 0. The Kier molecular flexibility index (Phi) is 3.12. The molecule has 2 aromatic carbocycles. The van der Waals surface area contributed by atoms with Crippen LogP contribution in [0.15, 0.2) is 69.9 Å². The Morgan fingerprint density at radius 3 is 2.13 bits per heavy atom. The lowest BCUT2D eigenvalue weighted by Gasteiger charge is -1.97. The lowest BCUT2D eigenvalue weighted by atomic mass is 10.1. The molecule has 4 aromatic rings. The molecule has 2 heterocycles. The number of rotatable bonds is 3. The van der Waals surface area contributed by atoms with E-state index in [1.807, 2.05) is 24.3 Å². The van der Waals surface area contributed by atoms with E-state index in [-0.39, 0.29) is 5.75 Å². The molecule has 6 heteroatoms. The SMILES string of the molecule is Oc1ccc(-c2noc(-c3ccc(-c4ccon4)cc3)n2)cc1. The second kappa shape index (κ2) is 5.42. The molecule has 0 radical (unpaired) electrons. The molecule has 0 aliphatic rings. The number of phenolic OH excluding ortho intramolecular Hbond substituents is 1. The van der Waals surface area contributed by atoms with E-state index in [1.54, 1.807) is 30.3 Å². The molecule has 0 aliphatic heterocycles. The fourth-order valence-electron chi connectivity index (χ4n) is 2.21. The minimum absolute atomic E-state index is 0.195. The first kappa shape index (κ1) is 13.3. The number of phenols is 1. The number of hydrogen-bond acceptors (Lipinski definition) is 6. The van der Waals surface area contributed by atoms with Crippen LogP contribution in [0.5, 0.6) is 5.75 Å². The zero-order chi connectivity index (χ0) is 15.6. The van der Waals surface area contributed by atoms with E-state index >= 15 is 0 Å². The van der Waals surface area contributed by atoms with E-state index in [1.165, 1.54) is 6.26 Å². The molecule has 0 amide bonds. The van der Waals surface area contributed by atoms with Crippen LogP contribution in [-0.4, -0.2) is 20.4 Å². The number of hydrogen-bond donors (Lipinski definition) is 1. The Labute approximate surface area is 131 Å². The van der Waals surface area contributed by atoms with Crippen LogP contribution < -0.4 is 0 Å². The maximum absolute atomic E-state index is 9.32. The summed E-state index contributed by atoms with van der Waals surface area (Å²) in [6, 6.07) is 16.0. The molecule has 0 aliphatic carbocycles. The molecule has 2 aromatic heterocycles. The standard InChI is InChI=1S/C17H11N3O3/c21-14-7-5-12(6-8-14)16-18-17(23-20-16)13-3-1-11(2-4-13)15-9-10-22-19-15/h1-10,21H. The molecule has 0 atom stereocenters. The van der Waals surface area contributed by atoms with Crippen molar-refractivity contribution in [2.45, 2.75) is 0 Å². The van der Waals surface area contributed by atoms with E-state index < -0.39 is 0 Å². The summed E-state index contributed by atoms with van der Waals surface area (Å²) in [5.74, 6) is 1.10. The normalized spacial score (nSPS) is 10.8. The first-order chi connectivity index (χ1) is 11.3. The summed E-state index contributed by atoms with van der Waals surface area (Å²) in [4.78, 5) is 4.38. The van der Waals surface area contributed by atoms with Crippen LogP contribution in [0.4, 0.5) is 0 Å². The van der Waals surface area contributed by atoms with Crippen molar-refractivity contribution in [3.05, 3.63) is 60.9 Å². The maximum atomic E-state index is 9.32. The molecule has 1 N–H and O–H groups in total. The fourth-order valence-corrected chi connectivity index (χ4v) is 2.21. The Bertz CT molecular complexity index is 911. The van der Waals surface area contributed by atoms with Gasteiger partial charge in [0.15, 0.2) is 0 Å². The van der Waals surface area contributed by atoms with Crippen LogP contribution in [-0.2, 0) is 0 Å². The Balaban J connectivity index is 1.62. The van der Waals surface area contributed by atoms with E-state index in [4.69, 9.17) is 9.05 Å². The van der Waals surface area contributed by atoms with Crippen molar-refractivity contribution >= 4 is 0 Å². The number of nitrogens with zero attached hydrogens (tertiary/aromatic N) is 3. The van der Waals surface area contributed by atoms with Gasteiger partial charge in [-0.15, -0.1) is 0 Å². The predicted molar refractivity (Wildman–Crippen MR) is 82.3 cm³/mol. The van der Waals surface area contributed by atoms with Gasteiger partial charge in [0.1, 0.15) is 17.7 Å². The summed E-state index contributed by atoms with van der Waals surface area (Å²) in [5, 5.41) is 17.2. The van der Waals surface area contributed by atoms with E-state index in [0.717, 1.165) is 22.4 Å². The lowest BCUT2D eigenvalue weighted by molar-refractivity contribution is 0.422. The summed E-state index contributed by atoms with van der Waals surface area (Å²) in [6.45, 7) is 0. The van der Waals surface area contributed by atoms with Gasteiger partial charge < -0.3 is 14.2 Å². The van der Waals surface area contributed by atoms with Gasteiger partial charge in [-0.2, -0.15) is 4.98 Å². The highest BCUT2D eigenvalue weighted by Gasteiger charge is 2.11. The monoisotopic (exact) mass is 305 g/mol. The molecule has 4 rings (SSSR count). The zero-order valence-corrected chi connectivity index (χ0v) is 11.9. The van der Waals surface area contributed by atoms with Crippen LogP contribution in [0.25, 0.3) is 34.1 Å². The summed E-state index contributed by atoms with van der Waals surface area (Å²) >= 11 is 0. The van der Waals surface area contributed by atoms with E-state index in [2.05, 4.69) is 15.3 Å². The smallest absolute Gasteiger partial charge is 0.258 e. The zero-order valence-electron chi connectivity index (χ0n) is 11.9. The molecule has 0 saturated heterocycles. The topological polar surface area (TPSA) is 85.2 Å². The molecule has 112 valence electrons. The lowest BCUT2D eigenvalue weighted by Crippen LogP contribution is -1.82. The summed E-state index contributed by atoms with van der Waals surface area (Å²) in [5.41, 5.74) is 3.31. The summed E-state index contributed by atoms with van der Waals surface area (Å²) in [7, 11) is 0. The van der Waals surface area contributed by atoms with Gasteiger partial charge in [-0.25, -0.2) is 0 Å². The molecular formula is C17H11N3O3. The van der Waals surface area contributed by atoms with Gasteiger partial charge in [0.25, 0.3) is 5.89 Å². The summed E-state index contributed by atoms with van der Waals surface area (Å²) < 4.78 is 10.1. The quantitative estimate of drug-likeness (QED) is 0.620.